The summed E-state index contributed by atoms with van der Waals surface area (Å²) < 4.78 is 6.81. The highest BCUT2D eigenvalue weighted by Crippen LogP contribution is 2.29. The molecule has 1 saturated heterocycles. The van der Waals surface area contributed by atoms with Crippen molar-refractivity contribution in [1.29, 1.82) is 0 Å². The van der Waals surface area contributed by atoms with Crippen LogP contribution in [0.5, 0.6) is 0 Å². The number of anilines is 1. The SMILES string of the molecule is Cc1nonc1Cn1cnc2c(N3CCCC[C@H](O)CC3)nc(C(C)(C)C)nc21. The fourth-order valence-electron chi connectivity index (χ4n) is 3.61. The molecule has 156 valence electrons. The van der Waals surface area contributed by atoms with E-state index >= 15 is 0 Å². The molecule has 0 radical (unpaired) electrons. The Kier molecular flexibility index (Phi) is 5.24. The number of rotatable bonds is 3. The molecule has 9 nitrogen and oxygen atoms in total. The van der Waals surface area contributed by atoms with Crippen LogP contribution in [0.25, 0.3) is 11.2 Å². The van der Waals surface area contributed by atoms with Gasteiger partial charge in [0.05, 0.1) is 19.0 Å². The molecule has 4 heterocycles. The molecule has 0 spiro atoms. The molecule has 0 aromatic carbocycles. The standard InChI is InChI=1S/C20H29N7O2/c1-13-15(25-29-24-13)11-27-12-21-16-17(22-19(20(2,3)4)23-18(16)27)26-9-6-5-7-14(28)8-10-26/h12,14,28H,5-11H2,1-4H3/t14-/m0/s1. The molecule has 9 heteroatoms. The maximum atomic E-state index is 10.1. The topological polar surface area (TPSA) is 106 Å². The Hall–Kier alpha value is -2.55. The van der Waals surface area contributed by atoms with E-state index in [1.54, 1.807) is 6.33 Å². The Balaban J connectivity index is 1.79. The molecule has 1 atom stereocenters. The molecule has 0 amide bonds. The molecule has 0 saturated carbocycles. The molecular weight excluding hydrogens is 370 g/mol. The zero-order valence-corrected chi connectivity index (χ0v) is 17.6. The minimum Gasteiger partial charge on any atom is -0.393 e. The number of aliphatic hydroxyl groups is 1. The van der Waals surface area contributed by atoms with Gasteiger partial charge in [-0.2, -0.15) is 0 Å². The predicted octanol–water partition coefficient (Wildman–Crippen LogP) is 2.60. The van der Waals surface area contributed by atoms with Crippen LogP contribution in [-0.4, -0.2) is 54.1 Å². The lowest BCUT2D eigenvalue weighted by Crippen LogP contribution is -2.32. The van der Waals surface area contributed by atoms with E-state index in [1.807, 2.05) is 11.5 Å². The van der Waals surface area contributed by atoms with Crippen molar-refractivity contribution in [3.8, 4) is 0 Å². The number of imidazole rings is 1. The summed E-state index contributed by atoms with van der Waals surface area (Å²) in [4.78, 5) is 16.7. The molecule has 3 aromatic heterocycles. The summed E-state index contributed by atoms with van der Waals surface area (Å²) in [5.41, 5.74) is 2.88. The van der Waals surface area contributed by atoms with Gasteiger partial charge in [-0.3, -0.25) is 0 Å². The van der Waals surface area contributed by atoms with Crippen molar-refractivity contribution in [2.24, 2.45) is 0 Å². The van der Waals surface area contributed by atoms with Gasteiger partial charge in [0.15, 0.2) is 17.0 Å². The third-order valence-corrected chi connectivity index (χ3v) is 5.43. The van der Waals surface area contributed by atoms with Crippen molar-refractivity contribution in [3.63, 3.8) is 0 Å². The molecule has 1 aliphatic rings. The largest absolute Gasteiger partial charge is 0.393 e. The van der Waals surface area contributed by atoms with E-state index in [2.05, 4.69) is 41.0 Å². The molecule has 1 aliphatic heterocycles. The number of fused-ring (bicyclic) bond motifs is 1. The smallest absolute Gasteiger partial charge is 0.166 e. The monoisotopic (exact) mass is 399 g/mol. The van der Waals surface area contributed by atoms with Gasteiger partial charge in [0.1, 0.15) is 17.2 Å². The van der Waals surface area contributed by atoms with Crippen LogP contribution in [0.4, 0.5) is 5.82 Å². The average Bonchev–Trinajstić information content (AvgIpc) is 3.24. The summed E-state index contributed by atoms with van der Waals surface area (Å²) in [6.07, 6.45) is 5.18. The Labute approximate surface area is 170 Å². The molecule has 0 bridgehead atoms. The van der Waals surface area contributed by atoms with E-state index in [0.717, 1.165) is 73.0 Å². The van der Waals surface area contributed by atoms with Gasteiger partial charge in [-0.25, -0.2) is 19.6 Å². The summed E-state index contributed by atoms with van der Waals surface area (Å²) >= 11 is 0. The quantitative estimate of drug-likeness (QED) is 0.716. The van der Waals surface area contributed by atoms with Crippen molar-refractivity contribution in [1.82, 2.24) is 29.8 Å². The van der Waals surface area contributed by atoms with Gasteiger partial charge in [-0.15, -0.1) is 0 Å². The van der Waals surface area contributed by atoms with Crippen LogP contribution >= 0.6 is 0 Å². The van der Waals surface area contributed by atoms with E-state index in [0.29, 0.717) is 6.54 Å². The number of nitrogens with zero attached hydrogens (tertiary/aromatic N) is 7. The van der Waals surface area contributed by atoms with Crippen molar-refractivity contribution >= 4 is 17.0 Å². The summed E-state index contributed by atoms with van der Waals surface area (Å²) in [7, 11) is 0. The first-order valence-corrected chi connectivity index (χ1v) is 10.3. The number of aryl methyl sites for hydroxylation is 1. The van der Waals surface area contributed by atoms with E-state index < -0.39 is 0 Å². The van der Waals surface area contributed by atoms with Crippen molar-refractivity contribution in [2.75, 3.05) is 18.0 Å². The van der Waals surface area contributed by atoms with Crippen LogP contribution in [0.2, 0.25) is 0 Å². The molecule has 29 heavy (non-hydrogen) atoms. The highest BCUT2D eigenvalue weighted by atomic mass is 16.6. The molecule has 4 rings (SSSR count). The fraction of sp³-hybridized carbons (Fsp3) is 0.650. The first kappa shape index (κ1) is 19.8. The van der Waals surface area contributed by atoms with Crippen molar-refractivity contribution < 1.29 is 9.74 Å². The summed E-state index contributed by atoms with van der Waals surface area (Å²) in [6, 6.07) is 0. The van der Waals surface area contributed by atoms with Gasteiger partial charge < -0.3 is 14.6 Å². The predicted molar refractivity (Wildman–Crippen MR) is 109 cm³/mol. The van der Waals surface area contributed by atoms with E-state index in [1.165, 1.54) is 0 Å². The average molecular weight is 399 g/mol. The first-order chi connectivity index (χ1) is 13.8. The second-order valence-corrected chi connectivity index (χ2v) is 8.89. The Morgan fingerprint density at radius 1 is 1.14 bits per heavy atom. The zero-order valence-electron chi connectivity index (χ0n) is 17.6. The summed E-state index contributed by atoms with van der Waals surface area (Å²) in [6.45, 7) is 10.4. The molecule has 0 aliphatic carbocycles. The van der Waals surface area contributed by atoms with Gasteiger partial charge in [0.25, 0.3) is 0 Å². The maximum Gasteiger partial charge on any atom is 0.166 e. The highest BCUT2D eigenvalue weighted by molar-refractivity contribution is 5.84. The van der Waals surface area contributed by atoms with Crippen LogP contribution in [0.3, 0.4) is 0 Å². The van der Waals surface area contributed by atoms with Gasteiger partial charge in [-0.05, 0) is 32.6 Å². The second-order valence-electron chi connectivity index (χ2n) is 8.89. The van der Waals surface area contributed by atoms with E-state index in [9.17, 15) is 5.11 Å². The minimum absolute atomic E-state index is 0.203. The number of hydrogen-bond donors (Lipinski definition) is 1. The van der Waals surface area contributed by atoms with Crippen molar-refractivity contribution in [3.05, 3.63) is 23.5 Å². The first-order valence-electron chi connectivity index (χ1n) is 10.3. The Morgan fingerprint density at radius 2 is 1.97 bits per heavy atom. The van der Waals surface area contributed by atoms with Crippen LogP contribution in [0.15, 0.2) is 11.0 Å². The molecule has 3 aromatic rings. The van der Waals surface area contributed by atoms with E-state index in [-0.39, 0.29) is 11.5 Å². The normalized spacial score (nSPS) is 18.8. The second kappa shape index (κ2) is 7.70. The Bertz CT molecular complexity index is 989. The maximum absolute atomic E-state index is 10.1. The minimum atomic E-state index is -0.252. The van der Waals surface area contributed by atoms with E-state index in [4.69, 9.17) is 14.6 Å². The third-order valence-electron chi connectivity index (χ3n) is 5.43. The van der Waals surface area contributed by atoms with Crippen LogP contribution in [-0.2, 0) is 12.0 Å². The molecule has 0 unspecified atom stereocenters. The lowest BCUT2D eigenvalue weighted by atomic mass is 9.95. The summed E-state index contributed by atoms with van der Waals surface area (Å²) in [5, 5.41) is 18.0. The molecule has 1 fully saturated rings. The van der Waals surface area contributed by atoms with Gasteiger partial charge in [-0.1, -0.05) is 31.1 Å². The molecule has 1 N–H and O–H groups in total. The van der Waals surface area contributed by atoms with Gasteiger partial charge in [0.2, 0.25) is 0 Å². The lowest BCUT2D eigenvalue weighted by molar-refractivity contribution is 0.149. The Morgan fingerprint density at radius 3 is 2.69 bits per heavy atom. The fourth-order valence-corrected chi connectivity index (χ4v) is 3.61. The molecular formula is C20H29N7O2. The van der Waals surface area contributed by atoms with Gasteiger partial charge in [0, 0.05) is 18.5 Å². The number of aromatic nitrogens is 6. The lowest BCUT2D eigenvalue weighted by Gasteiger charge is -2.29. The number of hydrogen-bond acceptors (Lipinski definition) is 8. The van der Waals surface area contributed by atoms with Crippen LogP contribution < -0.4 is 4.90 Å². The highest BCUT2D eigenvalue weighted by Gasteiger charge is 2.25. The third kappa shape index (κ3) is 4.10. The van der Waals surface area contributed by atoms with Crippen LogP contribution in [0, 0.1) is 6.92 Å². The van der Waals surface area contributed by atoms with Gasteiger partial charge >= 0.3 is 0 Å². The van der Waals surface area contributed by atoms with Crippen molar-refractivity contribution in [2.45, 2.75) is 71.4 Å². The summed E-state index contributed by atoms with van der Waals surface area (Å²) in [5.74, 6) is 1.63. The van der Waals surface area contributed by atoms with Crippen LogP contribution in [0.1, 0.15) is 63.7 Å². The zero-order chi connectivity index (χ0) is 20.6. The number of aliphatic hydroxyl groups excluding tert-OH is 1.